The van der Waals surface area contributed by atoms with E-state index in [2.05, 4.69) is 47.5 Å². The number of ether oxygens (including phenoxy) is 1. The molecule has 1 N–H and O–H groups in total. The van der Waals surface area contributed by atoms with Crippen LogP contribution < -0.4 is 5.32 Å². The van der Waals surface area contributed by atoms with Gasteiger partial charge in [-0.3, -0.25) is 0 Å². The molecule has 0 saturated heterocycles. The van der Waals surface area contributed by atoms with Gasteiger partial charge in [-0.2, -0.15) is 5.26 Å². The van der Waals surface area contributed by atoms with Gasteiger partial charge in [0.15, 0.2) is 0 Å². The van der Waals surface area contributed by atoms with Crippen LogP contribution >= 0.6 is 0 Å². The highest BCUT2D eigenvalue weighted by molar-refractivity contribution is 5.79. The number of carbonyl (C=O) groups excluding carboxylic acids is 1. The van der Waals surface area contributed by atoms with Gasteiger partial charge in [0, 0.05) is 11.5 Å². The Morgan fingerprint density at radius 3 is 2.33 bits per heavy atom. The minimum atomic E-state index is -0.504. The average Bonchev–Trinajstić information content (AvgIpc) is 3.10. The summed E-state index contributed by atoms with van der Waals surface area (Å²) in [5.41, 5.74) is 6.93. The van der Waals surface area contributed by atoms with Crippen LogP contribution in [-0.2, 0) is 4.74 Å². The Hall–Kier alpha value is -4.02. The van der Waals surface area contributed by atoms with Crippen LogP contribution in [0, 0.1) is 30.1 Å². The first-order chi connectivity index (χ1) is 14.7. The zero-order valence-corrected chi connectivity index (χ0v) is 16.6. The Labute approximate surface area is 176 Å². The van der Waals surface area contributed by atoms with Gasteiger partial charge in [-0.05, 0) is 46.9 Å². The minimum absolute atomic E-state index is 0.0278. The summed E-state index contributed by atoms with van der Waals surface area (Å²) in [4.78, 5) is 12.1. The average molecular weight is 392 g/mol. The third kappa shape index (κ3) is 3.90. The van der Waals surface area contributed by atoms with Crippen LogP contribution in [0.1, 0.15) is 33.7 Å². The molecule has 0 spiro atoms. The maximum atomic E-state index is 12.1. The van der Waals surface area contributed by atoms with Crippen molar-refractivity contribution in [2.75, 3.05) is 13.2 Å². The molecule has 4 heteroatoms. The number of nitrogens with one attached hydrogen (secondary N) is 1. The molecule has 146 valence electrons. The molecule has 3 aromatic rings. The van der Waals surface area contributed by atoms with Crippen molar-refractivity contribution in [3.05, 3.63) is 94.5 Å². The lowest BCUT2D eigenvalue weighted by Gasteiger charge is -2.14. The second kappa shape index (κ2) is 8.55. The fourth-order valence-electron chi connectivity index (χ4n) is 3.76. The number of benzene rings is 3. The molecule has 3 aromatic carbocycles. The van der Waals surface area contributed by atoms with E-state index >= 15 is 0 Å². The molecule has 0 bridgehead atoms. The molecule has 0 heterocycles. The Kier molecular flexibility index (Phi) is 5.50. The topological polar surface area (TPSA) is 62.1 Å². The highest BCUT2D eigenvalue weighted by atomic mass is 16.5. The van der Waals surface area contributed by atoms with Crippen LogP contribution in [0.15, 0.2) is 66.7 Å². The monoisotopic (exact) mass is 392 g/mol. The second-order valence-corrected chi connectivity index (χ2v) is 7.14. The van der Waals surface area contributed by atoms with Crippen molar-refractivity contribution in [3.63, 3.8) is 0 Å². The van der Waals surface area contributed by atoms with E-state index in [1.165, 1.54) is 22.3 Å². The van der Waals surface area contributed by atoms with E-state index in [-0.39, 0.29) is 19.1 Å². The van der Waals surface area contributed by atoms with Crippen molar-refractivity contribution in [1.82, 2.24) is 5.32 Å². The smallest absolute Gasteiger partial charge is 0.407 e. The Balaban J connectivity index is 1.36. The van der Waals surface area contributed by atoms with Crippen LogP contribution in [0.25, 0.3) is 11.1 Å². The van der Waals surface area contributed by atoms with Crippen molar-refractivity contribution < 1.29 is 9.53 Å². The fraction of sp³-hybridized carbons (Fsp3) is 0.154. The first kappa shape index (κ1) is 19.3. The highest BCUT2D eigenvalue weighted by Crippen LogP contribution is 2.44. The number of alkyl carbamates (subject to hydrolysis) is 1. The molecule has 0 atom stereocenters. The van der Waals surface area contributed by atoms with Gasteiger partial charge in [0.05, 0.1) is 12.1 Å². The summed E-state index contributed by atoms with van der Waals surface area (Å²) in [5, 5.41) is 11.8. The van der Waals surface area contributed by atoms with Gasteiger partial charge in [0.2, 0.25) is 0 Å². The lowest BCUT2D eigenvalue weighted by atomic mass is 9.98. The molecule has 0 radical (unpaired) electrons. The van der Waals surface area contributed by atoms with Gasteiger partial charge in [-0.25, -0.2) is 4.79 Å². The molecule has 0 aliphatic heterocycles. The molecular formula is C26H20N2O2. The lowest BCUT2D eigenvalue weighted by Crippen LogP contribution is -2.26. The van der Waals surface area contributed by atoms with Gasteiger partial charge >= 0.3 is 6.09 Å². The molecule has 1 amide bonds. The summed E-state index contributed by atoms with van der Waals surface area (Å²) >= 11 is 0. The number of amides is 1. The summed E-state index contributed by atoms with van der Waals surface area (Å²) in [6.45, 7) is 2.34. The summed E-state index contributed by atoms with van der Waals surface area (Å²) in [6, 6.07) is 24.1. The third-order valence-electron chi connectivity index (χ3n) is 5.18. The van der Waals surface area contributed by atoms with E-state index in [9.17, 15) is 10.1 Å². The molecule has 0 aromatic heterocycles. The maximum Gasteiger partial charge on any atom is 0.407 e. The van der Waals surface area contributed by atoms with Crippen molar-refractivity contribution in [1.29, 1.82) is 5.26 Å². The van der Waals surface area contributed by atoms with E-state index < -0.39 is 6.09 Å². The van der Waals surface area contributed by atoms with Gasteiger partial charge in [-0.15, -0.1) is 0 Å². The van der Waals surface area contributed by atoms with Crippen LogP contribution in [0.3, 0.4) is 0 Å². The number of nitriles is 1. The van der Waals surface area contributed by atoms with E-state index in [1.54, 1.807) is 6.07 Å². The number of rotatable bonds is 3. The van der Waals surface area contributed by atoms with Crippen LogP contribution in [0.4, 0.5) is 4.79 Å². The molecule has 0 saturated carbocycles. The van der Waals surface area contributed by atoms with Crippen molar-refractivity contribution in [2.24, 2.45) is 0 Å². The first-order valence-corrected chi connectivity index (χ1v) is 9.76. The van der Waals surface area contributed by atoms with Crippen LogP contribution in [-0.4, -0.2) is 19.2 Å². The maximum absolute atomic E-state index is 12.1. The van der Waals surface area contributed by atoms with E-state index in [0.717, 1.165) is 5.56 Å². The van der Waals surface area contributed by atoms with Gasteiger partial charge in [0.1, 0.15) is 12.7 Å². The normalized spacial score (nSPS) is 11.5. The summed E-state index contributed by atoms with van der Waals surface area (Å²) in [7, 11) is 0. The van der Waals surface area contributed by atoms with E-state index in [4.69, 9.17) is 4.74 Å². The molecule has 4 nitrogen and oxygen atoms in total. The van der Waals surface area contributed by atoms with Crippen molar-refractivity contribution >= 4 is 6.09 Å². The number of aryl methyl sites for hydroxylation is 1. The quantitative estimate of drug-likeness (QED) is 0.654. The molecule has 0 unspecified atom stereocenters. The van der Waals surface area contributed by atoms with E-state index in [0.29, 0.717) is 11.1 Å². The summed E-state index contributed by atoms with van der Waals surface area (Å²) < 4.78 is 5.48. The number of nitrogens with zero attached hydrogens (tertiary/aromatic N) is 1. The molecule has 1 aliphatic carbocycles. The summed E-state index contributed by atoms with van der Waals surface area (Å²) in [6.07, 6.45) is -0.504. The van der Waals surface area contributed by atoms with Gasteiger partial charge in [-0.1, -0.05) is 66.4 Å². The molecule has 1 aliphatic rings. The predicted octanol–water partition coefficient (Wildman–Crippen LogP) is 4.76. The van der Waals surface area contributed by atoms with E-state index in [1.807, 2.05) is 43.3 Å². The standard InChI is InChI=1S/C26H20N2O2/c1-18-12-13-19(20(15-18)16-27)7-6-14-28-26(29)30-17-25-23-10-4-2-8-21(23)22-9-3-5-11-24(22)25/h2-5,8-13,15,25H,14,17H2,1H3,(H,28,29). The number of hydrogen-bond acceptors (Lipinski definition) is 3. The Morgan fingerprint density at radius 1 is 1.00 bits per heavy atom. The molecule has 0 fully saturated rings. The number of fused-ring (bicyclic) bond motifs is 3. The molecular weight excluding hydrogens is 372 g/mol. The predicted molar refractivity (Wildman–Crippen MR) is 116 cm³/mol. The Morgan fingerprint density at radius 2 is 1.67 bits per heavy atom. The van der Waals surface area contributed by atoms with Crippen LogP contribution in [0.5, 0.6) is 0 Å². The second-order valence-electron chi connectivity index (χ2n) is 7.14. The lowest BCUT2D eigenvalue weighted by molar-refractivity contribution is 0.144. The largest absolute Gasteiger partial charge is 0.449 e. The SMILES string of the molecule is Cc1ccc(C#CCNC(=O)OCC2c3ccccc3-c3ccccc32)c(C#N)c1. The van der Waals surface area contributed by atoms with Crippen molar-refractivity contribution in [3.8, 4) is 29.0 Å². The molecule has 4 rings (SSSR count). The van der Waals surface area contributed by atoms with Crippen molar-refractivity contribution in [2.45, 2.75) is 12.8 Å². The minimum Gasteiger partial charge on any atom is -0.449 e. The summed E-state index contributed by atoms with van der Waals surface area (Å²) in [5.74, 6) is 5.83. The zero-order chi connectivity index (χ0) is 20.9. The van der Waals surface area contributed by atoms with Gasteiger partial charge in [0.25, 0.3) is 0 Å². The highest BCUT2D eigenvalue weighted by Gasteiger charge is 2.28. The fourth-order valence-corrected chi connectivity index (χ4v) is 3.76. The Bertz CT molecular complexity index is 1170. The van der Waals surface area contributed by atoms with Crippen LogP contribution in [0.2, 0.25) is 0 Å². The third-order valence-corrected chi connectivity index (χ3v) is 5.18. The number of hydrogen-bond donors (Lipinski definition) is 1. The first-order valence-electron chi connectivity index (χ1n) is 9.76. The molecule has 30 heavy (non-hydrogen) atoms. The number of carbonyl (C=O) groups is 1. The zero-order valence-electron chi connectivity index (χ0n) is 16.6. The van der Waals surface area contributed by atoms with Gasteiger partial charge < -0.3 is 10.1 Å².